The molecule has 26 heavy (non-hydrogen) atoms. The van der Waals surface area contributed by atoms with Crippen molar-refractivity contribution >= 4 is 24.3 Å². The minimum atomic E-state index is -5.16. The van der Waals surface area contributed by atoms with E-state index in [0.29, 0.717) is 0 Å². The van der Waals surface area contributed by atoms with Gasteiger partial charge in [0.25, 0.3) is 0 Å². The van der Waals surface area contributed by atoms with Gasteiger partial charge >= 0.3 is 154 Å². The fraction of sp³-hybridized carbons (Fsp3) is 1.00. The number of hydrogen-bond acceptors (Lipinski definition) is 11. The number of aliphatic hydroxyl groups is 8. The Balaban J connectivity index is 2.95. The third-order valence-electron chi connectivity index (χ3n) is 4.03. The molecule has 1 aliphatic heterocycles. The van der Waals surface area contributed by atoms with Crippen molar-refractivity contribution in [2.75, 3.05) is 13.2 Å². The van der Waals surface area contributed by atoms with Gasteiger partial charge in [0.1, 0.15) is 0 Å². The van der Waals surface area contributed by atoms with Crippen molar-refractivity contribution in [3.05, 3.63) is 0 Å². The summed E-state index contributed by atoms with van der Waals surface area (Å²) in [5.74, 6) is 0. The zero-order chi connectivity index (χ0) is 20.2. The maximum atomic E-state index is 11.0. The Bertz CT molecular complexity index is 532. The second-order valence-corrected chi connectivity index (χ2v) is 11.9. The predicted octanol–water partition coefficient (Wildman–Crippen LogP) is -4.80. The number of hydrogen-bond donors (Lipinski definition) is 9. The van der Waals surface area contributed by atoms with Gasteiger partial charge in [0.05, 0.1) is 0 Å². The Hall–Kier alpha value is 0.0695. The van der Waals surface area contributed by atoms with Gasteiger partial charge in [-0.25, -0.2) is 0 Å². The van der Waals surface area contributed by atoms with Crippen LogP contribution < -0.4 is 0 Å². The van der Waals surface area contributed by atoms with Crippen LogP contribution in [0.25, 0.3) is 0 Å². The predicted molar refractivity (Wildman–Crippen MR) is 85.8 cm³/mol. The SMILES string of the molecule is O=S(=O)(O)O[C@@H]([C@H](O)[C@@H](O)[C@H](O)CO)[C@H](O)C[Se+]1C[C@@H](O)[C@H](O)[C@H]1CO. The molecule has 0 aromatic rings. The van der Waals surface area contributed by atoms with Crippen LogP contribution in [0.3, 0.4) is 0 Å². The third kappa shape index (κ3) is 6.31. The standard InChI is InChI=1S/C12H24O12SSe/c13-1-5(15)10(19)11(20)12(24-25(21,22)23)7(17)4-26-3-6(16)9(18)8(26)2-14/h5-20H,1-4H2/p+1/t5-,6-,7-,8-,9+,10+,11-,12-,26?/m1/s1. The van der Waals surface area contributed by atoms with Gasteiger partial charge in [-0.2, -0.15) is 0 Å². The van der Waals surface area contributed by atoms with Gasteiger partial charge in [0.2, 0.25) is 0 Å². The minimum absolute atomic E-state index is 0.0833. The van der Waals surface area contributed by atoms with E-state index in [1.807, 2.05) is 0 Å². The summed E-state index contributed by atoms with van der Waals surface area (Å²) in [6, 6.07) is 0. The Morgan fingerprint density at radius 1 is 1.04 bits per heavy atom. The second kappa shape index (κ2) is 10.0. The molecule has 156 valence electrons. The van der Waals surface area contributed by atoms with Gasteiger partial charge < -0.3 is 0 Å². The molecule has 1 unspecified atom stereocenters. The maximum absolute atomic E-state index is 11.0. The molecular weight excluding hydrogens is 447 g/mol. The first-order valence-electron chi connectivity index (χ1n) is 7.55. The fourth-order valence-electron chi connectivity index (χ4n) is 2.62. The van der Waals surface area contributed by atoms with Crippen molar-refractivity contribution < 1.29 is 58.0 Å². The summed E-state index contributed by atoms with van der Waals surface area (Å²) in [4.78, 5) is -0.712. The first-order chi connectivity index (χ1) is 11.9. The summed E-state index contributed by atoms with van der Waals surface area (Å²) >= 11 is -2.10. The van der Waals surface area contributed by atoms with Gasteiger partial charge in [0.15, 0.2) is 0 Å². The molecule has 1 rings (SSSR count). The molecule has 0 bridgehead atoms. The molecule has 1 heterocycles. The van der Waals surface area contributed by atoms with E-state index in [1.165, 1.54) is 0 Å². The molecule has 1 fully saturated rings. The van der Waals surface area contributed by atoms with E-state index in [1.54, 1.807) is 0 Å². The fourth-order valence-corrected chi connectivity index (χ4v) is 8.77. The Morgan fingerprint density at radius 3 is 2.08 bits per heavy atom. The molecule has 0 saturated carbocycles. The van der Waals surface area contributed by atoms with E-state index < -0.39 is 85.1 Å². The molecule has 1 aliphatic rings. The van der Waals surface area contributed by atoms with E-state index >= 15 is 0 Å². The number of rotatable bonds is 10. The Morgan fingerprint density at radius 2 is 1.62 bits per heavy atom. The molecule has 0 radical (unpaired) electrons. The molecule has 14 heteroatoms. The van der Waals surface area contributed by atoms with Crippen LogP contribution in [0.15, 0.2) is 0 Å². The molecule has 0 aliphatic carbocycles. The van der Waals surface area contributed by atoms with Crippen molar-refractivity contribution in [3.8, 4) is 0 Å². The van der Waals surface area contributed by atoms with Crippen LogP contribution in [-0.2, 0) is 14.6 Å². The van der Waals surface area contributed by atoms with E-state index in [2.05, 4.69) is 4.18 Å². The molecule has 0 spiro atoms. The summed E-state index contributed by atoms with van der Waals surface area (Å²) < 4.78 is 35.0. The third-order valence-corrected chi connectivity index (χ3v) is 10.4. The van der Waals surface area contributed by atoms with Crippen LogP contribution in [0.2, 0.25) is 15.5 Å². The van der Waals surface area contributed by atoms with E-state index in [4.69, 9.17) is 9.66 Å². The van der Waals surface area contributed by atoms with E-state index in [-0.39, 0.29) is 10.6 Å². The van der Waals surface area contributed by atoms with Crippen molar-refractivity contribution in [2.24, 2.45) is 0 Å². The average Bonchev–Trinajstić information content (AvgIpc) is 2.82. The molecule has 12 nitrogen and oxygen atoms in total. The molecule has 0 aromatic carbocycles. The molecule has 1 saturated heterocycles. The van der Waals surface area contributed by atoms with Gasteiger partial charge in [-0.05, 0) is 0 Å². The first kappa shape index (κ1) is 24.1. The Labute approximate surface area is 154 Å². The molecule has 9 atom stereocenters. The van der Waals surface area contributed by atoms with Crippen LogP contribution in [-0.4, -0.2) is 124 Å². The van der Waals surface area contributed by atoms with Crippen molar-refractivity contribution in [1.82, 2.24) is 0 Å². The summed E-state index contributed by atoms with van der Waals surface area (Å²) in [6.07, 6.45) is -12.4. The number of aliphatic hydroxyl groups excluding tert-OH is 8. The van der Waals surface area contributed by atoms with Crippen LogP contribution in [0.1, 0.15) is 0 Å². The first-order valence-corrected chi connectivity index (χ1v) is 12.3. The zero-order valence-electron chi connectivity index (χ0n) is 13.5. The van der Waals surface area contributed by atoms with Gasteiger partial charge in [-0.3, -0.25) is 0 Å². The average molecular weight is 472 g/mol. The summed E-state index contributed by atoms with van der Waals surface area (Å²) in [5, 5.41) is 76.7. The molecular formula is C12H25O12SSe+. The molecule has 9 N–H and O–H groups in total. The monoisotopic (exact) mass is 473 g/mol. The van der Waals surface area contributed by atoms with Crippen LogP contribution in [0.5, 0.6) is 0 Å². The Kier molecular flexibility index (Phi) is 9.29. The molecule has 0 aromatic heterocycles. The van der Waals surface area contributed by atoms with Gasteiger partial charge in [-0.1, -0.05) is 0 Å². The zero-order valence-corrected chi connectivity index (χ0v) is 16.0. The van der Waals surface area contributed by atoms with Crippen molar-refractivity contribution in [1.29, 1.82) is 0 Å². The summed E-state index contributed by atoms with van der Waals surface area (Å²) in [5.41, 5.74) is 0. The summed E-state index contributed by atoms with van der Waals surface area (Å²) in [7, 11) is -5.16. The van der Waals surface area contributed by atoms with E-state index in [0.717, 1.165) is 0 Å². The molecule has 0 amide bonds. The van der Waals surface area contributed by atoms with Crippen molar-refractivity contribution in [3.63, 3.8) is 0 Å². The normalized spacial score (nSPS) is 32.8. The van der Waals surface area contributed by atoms with Gasteiger partial charge in [0, 0.05) is 0 Å². The van der Waals surface area contributed by atoms with Crippen LogP contribution in [0, 0.1) is 0 Å². The van der Waals surface area contributed by atoms with E-state index in [9.17, 15) is 44.2 Å². The van der Waals surface area contributed by atoms with Crippen molar-refractivity contribution in [2.45, 2.75) is 58.2 Å². The summed E-state index contributed by atoms with van der Waals surface area (Å²) in [6.45, 7) is -1.46. The van der Waals surface area contributed by atoms with Crippen LogP contribution >= 0.6 is 0 Å². The van der Waals surface area contributed by atoms with Crippen LogP contribution in [0.4, 0.5) is 0 Å². The second-order valence-electron chi connectivity index (χ2n) is 5.94. The van der Waals surface area contributed by atoms with Gasteiger partial charge in [-0.15, -0.1) is 0 Å². The topological polar surface area (TPSA) is 225 Å². The quantitative estimate of drug-likeness (QED) is 0.108.